The van der Waals surface area contributed by atoms with E-state index in [1.165, 1.54) is 49.5 Å². The highest BCUT2D eigenvalue weighted by molar-refractivity contribution is 7.92. The van der Waals surface area contributed by atoms with Crippen LogP contribution in [0.3, 0.4) is 0 Å². The lowest BCUT2D eigenvalue weighted by Gasteiger charge is -2.34. The Labute approximate surface area is 247 Å². The zero-order valence-corrected chi connectivity index (χ0v) is 25.4. The molecule has 0 saturated heterocycles. The van der Waals surface area contributed by atoms with Gasteiger partial charge in [0.05, 0.1) is 26.2 Å². The molecule has 9 nitrogen and oxygen atoms in total. The quantitative estimate of drug-likeness (QED) is 0.298. The van der Waals surface area contributed by atoms with E-state index in [0.29, 0.717) is 17.7 Å². The van der Waals surface area contributed by atoms with E-state index in [1.54, 1.807) is 12.1 Å². The van der Waals surface area contributed by atoms with Crippen LogP contribution in [0.4, 0.5) is 10.1 Å². The molecule has 0 unspecified atom stereocenters. The summed E-state index contributed by atoms with van der Waals surface area (Å²) in [6, 6.07) is 18.3. The molecular formula is C31H38FN3O6S. The maximum Gasteiger partial charge on any atom is 0.244 e. The highest BCUT2D eigenvalue weighted by Crippen LogP contribution is 2.34. The Morgan fingerprint density at radius 3 is 2.19 bits per heavy atom. The molecule has 3 aromatic carbocycles. The number of hydrogen-bond donors (Lipinski definition) is 1. The molecule has 2 amide bonds. The second-order valence-corrected chi connectivity index (χ2v) is 11.9. The Morgan fingerprint density at radius 1 is 0.952 bits per heavy atom. The maximum absolute atomic E-state index is 14.2. The molecular weight excluding hydrogens is 561 g/mol. The summed E-state index contributed by atoms with van der Waals surface area (Å²) in [5.74, 6) is -0.872. The van der Waals surface area contributed by atoms with Gasteiger partial charge in [0.1, 0.15) is 29.9 Å². The van der Waals surface area contributed by atoms with E-state index in [4.69, 9.17) is 9.47 Å². The summed E-state index contributed by atoms with van der Waals surface area (Å²) >= 11 is 0. The molecule has 0 bridgehead atoms. The smallest absolute Gasteiger partial charge is 0.244 e. The van der Waals surface area contributed by atoms with Crippen molar-refractivity contribution in [2.75, 3.05) is 31.3 Å². The molecule has 0 radical (unpaired) electrons. The molecule has 0 saturated carbocycles. The number of anilines is 1. The van der Waals surface area contributed by atoms with Crippen molar-refractivity contribution < 1.29 is 31.9 Å². The number of ether oxygens (including phenoxy) is 2. The number of hydrogen-bond acceptors (Lipinski definition) is 6. The number of sulfonamides is 1. The summed E-state index contributed by atoms with van der Waals surface area (Å²) in [4.78, 5) is 29.2. The summed E-state index contributed by atoms with van der Waals surface area (Å²) in [6.07, 6.45) is 1.84. The summed E-state index contributed by atoms with van der Waals surface area (Å²) in [5.41, 5.74) is 1.50. The van der Waals surface area contributed by atoms with Crippen molar-refractivity contribution in [1.82, 2.24) is 10.2 Å². The van der Waals surface area contributed by atoms with Crippen molar-refractivity contribution >= 4 is 27.5 Å². The minimum absolute atomic E-state index is 0.0581. The van der Waals surface area contributed by atoms with Gasteiger partial charge in [-0.15, -0.1) is 0 Å². The molecule has 3 rings (SSSR count). The molecule has 42 heavy (non-hydrogen) atoms. The highest BCUT2D eigenvalue weighted by atomic mass is 32.2. The van der Waals surface area contributed by atoms with E-state index < -0.39 is 34.3 Å². The second kappa shape index (κ2) is 14.7. The van der Waals surface area contributed by atoms with E-state index >= 15 is 0 Å². The van der Waals surface area contributed by atoms with Crippen LogP contribution in [0.15, 0.2) is 72.8 Å². The Balaban J connectivity index is 2.11. The number of rotatable bonds is 14. The monoisotopic (exact) mass is 599 g/mol. The van der Waals surface area contributed by atoms with Crippen molar-refractivity contribution in [2.45, 2.75) is 45.3 Å². The third kappa shape index (κ3) is 8.69. The number of methoxy groups -OCH3 is 2. The van der Waals surface area contributed by atoms with Crippen LogP contribution < -0.4 is 19.1 Å². The zero-order valence-electron chi connectivity index (χ0n) is 24.5. The van der Waals surface area contributed by atoms with Crippen molar-refractivity contribution in [3.63, 3.8) is 0 Å². The SMILES string of the molecule is CC[C@@H](C)NC(=O)[C@H](Cc1ccccc1)N(Cc1ccc(F)cc1)C(=O)CN(c1cc(OC)ccc1OC)S(C)(=O)=O. The number of carbonyl (C=O) groups is 2. The first-order chi connectivity index (χ1) is 20.0. The lowest BCUT2D eigenvalue weighted by atomic mass is 10.0. The Morgan fingerprint density at radius 2 is 1.62 bits per heavy atom. The molecule has 3 aromatic rings. The molecule has 2 atom stereocenters. The predicted molar refractivity (Wildman–Crippen MR) is 161 cm³/mol. The first-order valence-electron chi connectivity index (χ1n) is 13.5. The van der Waals surface area contributed by atoms with Gasteiger partial charge in [-0.25, -0.2) is 12.8 Å². The molecule has 226 valence electrons. The van der Waals surface area contributed by atoms with Crippen molar-refractivity contribution in [3.8, 4) is 11.5 Å². The summed E-state index contributed by atoms with van der Waals surface area (Å²) < 4.78 is 51.5. The van der Waals surface area contributed by atoms with Gasteiger partial charge in [0.15, 0.2) is 0 Å². The molecule has 11 heteroatoms. The lowest BCUT2D eigenvalue weighted by molar-refractivity contribution is -0.140. The van der Waals surface area contributed by atoms with Crippen LogP contribution in [0, 0.1) is 5.82 Å². The van der Waals surface area contributed by atoms with E-state index in [-0.39, 0.29) is 36.4 Å². The summed E-state index contributed by atoms with van der Waals surface area (Å²) in [7, 11) is -1.18. The van der Waals surface area contributed by atoms with E-state index in [1.807, 2.05) is 44.2 Å². The first-order valence-corrected chi connectivity index (χ1v) is 15.4. The fourth-order valence-electron chi connectivity index (χ4n) is 4.37. The fourth-order valence-corrected chi connectivity index (χ4v) is 5.21. The van der Waals surface area contributed by atoms with Crippen LogP contribution >= 0.6 is 0 Å². The zero-order chi connectivity index (χ0) is 30.9. The Hall–Kier alpha value is -4.12. The van der Waals surface area contributed by atoms with Gasteiger partial charge in [-0.3, -0.25) is 13.9 Å². The Bertz CT molecular complexity index is 1450. The number of halogens is 1. The van der Waals surface area contributed by atoms with Gasteiger partial charge in [-0.1, -0.05) is 49.4 Å². The van der Waals surface area contributed by atoms with E-state index in [9.17, 15) is 22.4 Å². The van der Waals surface area contributed by atoms with Gasteiger partial charge >= 0.3 is 0 Å². The molecule has 0 heterocycles. The maximum atomic E-state index is 14.2. The minimum atomic E-state index is -4.01. The lowest BCUT2D eigenvalue weighted by Crippen LogP contribution is -2.54. The highest BCUT2D eigenvalue weighted by Gasteiger charge is 2.34. The average molecular weight is 600 g/mol. The van der Waals surface area contributed by atoms with Crippen LogP contribution in [0.25, 0.3) is 0 Å². The standard InChI is InChI=1S/C31H38FN3O6S/c1-6-22(2)33-31(37)28(18-23-10-8-7-9-11-23)34(20-24-12-14-25(32)15-13-24)30(36)21-35(42(5,38)39)27-19-26(40-3)16-17-29(27)41-4/h7-17,19,22,28H,6,18,20-21H2,1-5H3,(H,33,37)/t22-,28+/m1/s1. The van der Waals surface area contributed by atoms with Crippen LogP contribution in [0.1, 0.15) is 31.4 Å². The van der Waals surface area contributed by atoms with Crippen LogP contribution in [-0.2, 0) is 32.6 Å². The van der Waals surface area contributed by atoms with Crippen molar-refractivity contribution in [2.24, 2.45) is 0 Å². The van der Waals surface area contributed by atoms with Gasteiger partial charge in [-0.2, -0.15) is 0 Å². The second-order valence-electron chi connectivity index (χ2n) is 9.98. The normalized spacial score (nSPS) is 12.6. The fraction of sp³-hybridized carbons (Fsp3) is 0.355. The van der Waals surface area contributed by atoms with Gasteiger partial charge in [0.2, 0.25) is 21.8 Å². The van der Waals surface area contributed by atoms with E-state index in [2.05, 4.69) is 5.32 Å². The molecule has 1 N–H and O–H groups in total. The van der Waals surface area contributed by atoms with Gasteiger partial charge in [0, 0.05) is 25.1 Å². The third-order valence-electron chi connectivity index (χ3n) is 6.87. The number of amides is 2. The van der Waals surface area contributed by atoms with Crippen LogP contribution in [-0.4, -0.2) is 64.2 Å². The number of benzene rings is 3. The van der Waals surface area contributed by atoms with Crippen molar-refractivity contribution in [3.05, 3.63) is 89.7 Å². The van der Waals surface area contributed by atoms with Crippen LogP contribution in [0.5, 0.6) is 11.5 Å². The summed E-state index contributed by atoms with van der Waals surface area (Å²) in [5, 5.41) is 2.97. The largest absolute Gasteiger partial charge is 0.497 e. The average Bonchev–Trinajstić information content (AvgIpc) is 2.97. The topological polar surface area (TPSA) is 105 Å². The minimum Gasteiger partial charge on any atom is -0.497 e. The first kappa shape index (κ1) is 32.4. The number of carbonyl (C=O) groups excluding carboxylic acids is 2. The van der Waals surface area contributed by atoms with Gasteiger partial charge < -0.3 is 19.7 Å². The van der Waals surface area contributed by atoms with E-state index in [0.717, 1.165) is 16.1 Å². The number of nitrogens with zero attached hydrogens (tertiary/aromatic N) is 2. The molecule has 0 aromatic heterocycles. The van der Waals surface area contributed by atoms with Crippen LogP contribution in [0.2, 0.25) is 0 Å². The number of nitrogens with one attached hydrogen (secondary N) is 1. The third-order valence-corrected chi connectivity index (χ3v) is 8.00. The molecule has 0 aliphatic carbocycles. The molecule has 0 fully saturated rings. The summed E-state index contributed by atoms with van der Waals surface area (Å²) in [6.45, 7) is 3.12. The molecule has 0 aliphatic heterocycles. The predicted octanol–water partition coefficient (Wildman–Crippen LogP) is 4.16. The van der Waals surface area contributed by atoms with Crippen molar-refractivity contribution in [1.29, 1.82) is 0 Å². The molecule has 0 aliphatic rings. The Kier molecular flexibility index (Phi) is 11.3. The molecule has 0 spiro atoms. The van der Waals surface area contributed by atoms with Gasteiger partial charge in [-0.05, 0) is 48.7 Å². The van der Waals surface area contributed by atoms with Gasteiger partial charge in [0.25, 0.3) is 0 Å².